The Morgan fingerprint density at radius 1 is 1.25 bits per heavy atom. The maximum Gasteiger partial charge on any atom is 0.390 e. The van der Waals surface area contributed by atoms with Crippen LogP contribution in [0.5, 0.6) is 0 Å². The van der Waals surface area contributed by atoms with Gasteiger partial charge in [0, 0.05) is 19.1 Å². The van der Waals surface area contributed by atoms with Crippen LogP contribution in [0.25, 0.3) is 0 Å². The van der Waals surface area contributed by atoms with Gasteiger partial charge in [-0.05, 0) is 51.1 Å². The molecular formula is C15H29F3N2. The van der Waals surface area contributed by atoms with Crippen molar-refractivity contribution in [3.8, 4) is 0 Å². The summed E-state index contributed by atoms with van der Waals surface area (Å²) in [7, 11) is 1.81. The van der Waals surface area contributed by atoms with Crippen LogP contribution in [0.2, 0.25) is 0 Å². The van der Waals surface area contributed by atoms with Crippen LogP contribution in [0.15, 0.2) is 0 Å². The molecule has 20 heavy (non-hydrogen) atoms. The molecule has 5 heteroatoms. The SMILES string of the molecule is CCCNC1CCC(C)CC1CN(C)CCC(F)(F)F. The second kappa shape index (κ2) is 8.23. The van der Waals surface area contributed by atoms with E-state index in [2.05, 4.69) is 19.2 Å². The van der Waals surface area contributed by atoms with Crippen molar-refractivity contribution in [3.05, 3.63) is 0 Å². The normalized spacial score (nSPS) is 28.1. The van der Waals surface area contributed by atoms with Gasteiger partial charge >= 0.3 is 6.18 Å². The summed E-state index contributed by atoms with van der Waals surface area (Å²) in [6.07, 6.45) is -0.156. The Hall–Kier alpha value is -0.290. The van der Waals surface area contributed by atoms with Crippen LogP contribution in [0.3, 0.4) is 0 Å². The summed E-state index contributed by atoms with van der Waals surface area (Å²) in [4.78, 5) is 1.84. The van der Waals surface area contributed by atoms with E-state index in [1.165, 1.54) is 6.42 Å². The third kappa shape index (κ3) is 6.93. The molecule has 0 amide bonds. The van der Waals surface area contributed by atoms with Gasteiger partial charge in [-0.25, -0.2) is 0 Å². The molecular weight excluding hydrogens is 265 g/mol. The molecule has 0 aromatic rings. The molecule has 1 fully saturated rings. The predicted octanol–water partition coefficient (Wildman–Crippen LogP) is 3.68. The van der Waals surface area contributed by atoms with Gasteiger partial charge in [0.1, 0.15) is 0 Å². The first kappa shape index (κ1) is 17.8. The highest BCUT2D eigenvalue weighted by Crippen LogP contribution is 2.30. The molecule has 0 bridgehead atoms. The van der Waals surface area contributed by atoms with Crippen molar-refractivity contribution in [2.24, 2.45) is 11.8 Å². The second-order valence-electron chi connectivity index (χ2n) is 6.37. The molecule has 1 aliphatic carbocycles. The lowest BCUT2D eigenvalue weighted by Gasteiger charge is -2.37. The molecule has 0 spiro atoms. The number of halogens is 3. The average molecular weight is 294 g/mol. The fourth-order valence-electron chi connectivity index (χ4n) is 3.11. The zero-order valence-electron chi connectivity index (χ0n) is 13.0. The van der Waals surface area contributed by atoms with Crippen LogP contribution < -0.4 is 5.32 Å². The van der Waals surface area contributed by atoms with Crippen molar-refractivity contribution >= 4 is 0 Å². The quantitative estimate of drug-likeness (QED) is 0.770. The molecule has 1 saturated carbocycles. The third-order valence-electron chi connectivity index (χ3n) is 4.22. The maximum atomic E-state index is 12.3. The topological polar surface area (TPSA) is 15.3 Å². The predicted molar refractivity (Wildman–Crippen MR) is 76.8 cm³/mol. The van der Waals surface area contributed by atoms with E-state index >= 15 is 0 Å². The molecule has 0 aromatic carbocycles. The van der Waals surface area contributed by atoms with Gasteiger partial charge in [0.15, 0.2) is 0 Å². The Labute approximate surface area is 121 Å². The molecule has 3 atom stereocenters. The average Bonchev–Trinajstić information content (AvgIpc) is 2.35. The van der Waals surface area contributed by atoms with Crippen LogP contribution in [0, 0.1) is 11.8 Å². The lowest BCUT2D eigenvalue weighted by atomic mass is 9.78. The Bertz CT molecular complexity index is 266. The van der Waals surface area contributed by atoms with Gasteiger partial charge < -0.3 is 10.2 Å². The first-order chi connectivity index (χ1) is 9.31. The van der Waals surface area contributed by atoms with Crippen molar-refractivity contribution in [2.75, 3.05) is 26.7 Å². The molecule has 1 aliphatic rings. The summed E-state index contributed by atoms with van der Waals surface area (Å²) < 4.78 is 36.8. The van der Waals surface area contributed by atoms with Crippen LogP contribution in [0.1, 0.15) is 46.0 Å². The van der Waals surface area contributed by atoms with E-state index in [0.29, 0.717) is 17.9 Å². The monoisotopic (exact) mass is 294 g/mol. The second-order valence-corrected chi connectivity index (χ2v) is 6.37. The lowest BCUT2D eigenvalue weighted by Crippen LogP contribution is -2.45. The van der Waals surface area contributed by atoms with Crippen LogP contribution >= 0.6 is 0 Å². The molecule has 0 aliphatic heterocycles. The van der Waals surface area contributed by atoms with E-state index in [4.69, 9.17) is 0 Å². The molecule has 120 valence electrons. The number of alkyl halides is 3. The fourth-order valence-corrected chi connectivity index (χ4v) is 3.11. The van der Waals surface area contributed by atoms with E-state index in [1.54, 1.807) is 0 Å². The Morgan fingerprint density at radius 3 is 2.55 bits per heavy atom. The van der Waals surface area contributed by atoms with Gasteiger partial charge in [0.05, 0.1) is 6.42 Å². The molecule has 3 unspecified atom stereocenters. The van der Waals surface area contributed by atoms with Gasteiger partial charge in [-0.15, -0.1) is 0 Å². The molecule has 0 saturated heterocycles. The number of hydrogen-bond acceptors (Lipinski definition) is 2. The number of rotatable bonds is 7. The minimum Gasteiger partial charge on any atom is -0.314 e. The minimum atomic E-state index is -4.05. The summed E-state index contributed by atoms with van der Waals surface area (Å²) >= 11 is 0. The molecule has 0 heterocycles. The van der Waals surface area contributed by atoms with Gasteiger partial charge in [-0.1, -0.05) is 13.8 Å². The first-order valence-corrected chi connectivity index (χ1v) is 7.80. The van der Waals surface area contributed by atoms with E-state index in [-0.39, 0.29) is 6.54 Å². The van der Waals surface area contributed by atoms with Gasteiger partial charge in [-0.2, -0.15) is 13.2 Å². The van der Waals surface area contributed by atoms with E-state index in [0.717, 1.165) is 32.4 Å². The largest absolute Gasteiger partial charge is 0.390 e. The zero-order valence-corrected chi connectivity index (χ0v) is 13.0. The van der Waals surface area contributed by atoms with Crippen molar-refractivity contribution in [2.45, 2.75) is 58.2 Å². The smallest absolute Gasteiger partial charge is 0.314 e. The lowest BCUT2D eigenvalue weighted by molar-refractivity contribution is -0.137. The molecule has 0 aromatic heterocycles. The van der Waals surface area contributed by atoms with Crippen LogP contribution in [-0.4, -0.2) is 43.8 Å². The van der Waals surface area contributed by atoms with Crippen LogP contribution in [-0.2, 0) is 0 Å². The molecule has 0 radical (unpaired) electrons. The Kier molecular flexibility index (Phi) is 7.30. The Balaban J connectivity index is 2.43. The van der Waals surface area contributed by atoms with E-state index < -0.39 is 12.6 Å². The van der Waals surface area contributed by atoms with Gasteiger partial charge in [0.2, 0.25) is 0 Å². The minimum absolute atomic E-state index is 0.106. The van der Waals surface area contributed by atoms with Crippen LogP contribution in [0.4, 0.5) is 13.2 Å². The fraction of sp³-hybridized carbons (Fsp3) is 1.00. The number of nitrogens with one attached hydrogen (secondary N) is 1. The summed E-state index contributed by atoms with van der Waals surface area (Å²) in [6, 6.07) is 0.472. The molecule has 2 nitrogen and oxygen atoms in total. The van der Waals surface area contributed by atoms with E-state index in [1.807, 2.05) is 11.9 Å². The third-order valence-corrected chi connectivity index (χ3v) is 4.22. The highest BCUT2D eigenvalue weighted by Gasteiger charge is 2.31. The van der Waals surface area contributed by atoms with Crippen molar-refractivity contribution in [3.63, 3.8) is 0 Å². The highest BCUT2D eigenvalue weighted by molar-refractivity contribution is 4.85. The summed E-state index contributed by atoms with van der Waals surface area (Å²) in [5.41, 5.74) is 0. The van der Waals surface area contributed by atoms with Gasteiger partial charge in [0.25, 0.3) is 0 Å². The highest BCUT2D eigenvalue weighted by atomic mass is 19.4. The standard InChI is InChI=1S/C15H29F3N2/c1-4-8-19-14-6-5-12(2)10-13(14)11-20(3)9-7-15(16,17)18/h12-14,19H,4-11H2,1-3H3. The maximum absolute atomic E-state index is 12.3. The summed E-state index contributed by atoms with van der Waals surface area (Å²) in [6.45, 7) is 6.26. The number of nitrogens with zero attached hydrogens (tertiary/aromatic N) is 1. The molecule has 1 N–H and O–H groups in total. The zero-order chi connectivity index (χ0) is 15.2. The van der Waals surface area contributed by atoms with Crippen molar-refractivity contribution in [1.82, 2.24) is 10.2 Å². The molecule has 1 rings (SSSR count). The van der Waals surface area contributed by atoms with Crippen molar-refractivity contribution in [1.29, 1.82) is 0 Å². The van der Waals surface area contributed by atoms with E-state index in [9.17, 15) is 13.2 Å². The van der Waals surface area contributed by atoms with Gasteiger partial charge in [-0.3, -0.25) is 0 Å². The summed E-state index contributed by atoms with van der Waals surface area (Å²) in [5.74, 6) is 1.17. The summed E-state index contributed by atoms with van der Waals surface area (Å²) in [5, 5.41) is 3.57. The number of hydrogen-bond donors (Lipinski definition) is 1. The van der Waals surface area contributed by atoms with Crippen molar-refractivity contribution < 1.29 is 13.2 Å². The Morgan fingerprint density at radius 2 is 1.95 bits per heavy atom. The first-order valence-electron chi connectivity index (χ1n) is 7.80.